The van der Waals surface area contributed by atoms with Gasteiger partial charge in [-0.3, -0.25) is 0 Å². The maximum atomic E-state index is 12.3. The second kappa shape index (κ2) is 4.78. The zero-order chi connectivity index (χ0) is 14.3. The molecular formula is C15H14F2N2O. The average molecular weight is 276 g/mol. The molecule has 104 valence electrons. The minimum absolute atomic E-state index is 0.134. The minimum Gasteiger partial charge on any atom is -0.435 e. The van der Waals surface area contributed by atoms with Crippen molar-refractivity contribution in [2.24, 2.45) is 0 Å². The molecule has 1 fully saturated rings. The SMILES string of the molecule is Cc1c(C#N)c2ccc(OC(F)F)cc2n1C1CCC1. The van der Waals surface area contributed by atoms with Crippen LogP contribution in [-0.2, 0) is 0 Å². The van der Waals surface area contributed by atoms with E-state index >= 15 is 0 Å². The monoisotopic (exact) mass is 276 g/mol. The van der Waals surface area contributed by atoms with Crippen molar-refractivity contribution in [2.45, 2.75) is 38.8 Å². The first kappa shape index (κ1) is 12.9. The quantitative estimate of drug-likeness (QED) is 0.844. The maximum Gasteiger partial charge on any atom is 0.387 e. The maximum absolute atomic E-state index is 12.3. The number of aromatic nitrogens is 1. The molecule has 0 unspecified atom stereocenters. The number of fused-ring (bicyclic) bond motifs is 1. The Morgan fingerprint density at radius 1 is 1.40 bits per heavy atom. The third-order valence-corrected chi connectivity index (χ3v) is 4.00. The van der Waals surface area contributed by atoms with Gasteiger partial charge in [-0.1, -0.05) is 0 Å². The number of nitrogens with zero attached hydrogens (tertiary/aromatic N) is 2. The summed E-state index contributed by atoms with van der Waals surface area (Å²) in [6.07, 6.45) is 3.30. The highest BCUT2D eigenvalue weighted by Crippen LogP contribution is 2.39. The second-order valence-electron chi connectivity index (χ2n) is 5.08. The molecule has 5 heteroatoms. The standard InChI is InChI=1S/C15H14F2N2O/c1-9-13(8-18)12-6-5-11(20-15(16)17)7-14(12)19(9)10-3-2-4-10/h5-7,10,15H,2-4H2,1H3. The van der Waals surface area contributed by atoms with E-state index in [9.17, 15) is 14.0 Å². The number of hydrogen-bond donors (Lipinski definition) is 0. The molecule has 0 radical (unpaired) electrons. The topological polar surface area (TPSA) is 37.9 Å². The fourth-order valence-corrected chi connectivity index (χ4v) is 2.85. The van der Waals surface area contributed by atoms with E-state index in [0.717, 1.165) is 29.4 Å². The second-order valence-corrected chi connectivity index (χ2v) is 5.08. The zero-order valence-corrected chi connectivity index (χ0v) is 11.1. The van der Waals surface area contributed by atoms with Gasteiger partial charge in [-0.15, -0.1) is 0 Å². The Bertz CT molecular complexity index is 696. The lowest BCUT2D eigenvalue weighted by Crippen LogP contribution is -2.18. The van der Waals surface area contributed by atoms with Gasteiger partial charge < -0.3 is 9.30 Å². The predicted octanol–water partition coefficient (Wildman–Crippen LogP) is 4.15. The van der Waals surface area contributed by atoms with E-state index in [2.05, 4.69) is 15.4 Å². The first-order chi connectivity index (χ1) is 9.61. The molecule has 0 N–H and O–H groups in total. The van der Waals surface area contributed by atoms with Crippen molar-refractivity contribution in [3.63, 3.8) is 0 Å². The molecule has 3 nitrogen and oxygen atoms in total. The van der Waals surface area contributed by atoms with Crippen LogP contribution in [0.3, 0.4) is 0 Å². The Hall–Kier alpha value is -2.09. The van der Waals surface area contributed by atoms with Crippen LogP contribution in [0.2, 0.25) is 0 Å². The lowest BCUT2D eigenvalue weighted by atomic mass is 9.92. The van der Waals surface area contributed by atoms with Crippen LogP contribution >= 0.6 is 0 Å². The summed E-state index contributed by atoms with van der Waals surface area (Å²) >= 11 is 0. The third kappa shape index (κ3) is 1.92. The molecule has 0 saturated heterocycles. The van der Waals surface area contributed by atoms with E-state index in [1.807, 2.05) is 6.92 Å². The van der Waals surface area contributed by atoms with Crippen LogP contribution in [0.5, 0.6) is 5.75 Å². The van der Waals surface area contributed by atoms with Crippen molar-refractivity contribution in [3.8, 4) is 11.8 Å². The molecule has 2 aromatic rings. The van der Waals surface area contributed by atoms with Gasteiger partial charge in [-0.25, -0.2) is 0 Å². The Kier molecular flexibility index (Phi) is 3.09. The first-order valence-electron chi connectivity index (χ1n) is 6.61. The molecule has 1 aliphatic carbocycles. The van der Waals surface area contributed by atoms with Gasteiger partial charge in [0.2, 0.25) is 0 Å². The Morgan fingerprint density at radius 3 is 2.70 bits per heavy atom. The predicted molar refractivity (Wildman–Crippen MR) is 70.9 cm³/mol. The molecule has 3 rings (SSSR count). The number of nitriles is 1. The number of ether oxygens (including phenoxy) is 1. The van der Waals surface area contributed by atoms with Crippen molar-refractivity contribution in [1.82, 2.24) is 4.57 Å². The fourth-order valence-electron chi connectivity index (χ4n) is 2.85. The summed E-state index contributed by atoms with van der Waals surface area (Å²) in [5.41, 5.74) is 2.33. The van der Waals surface area contributed by atoms with Crippen molar-refractivity contribution in [3.05, 3.63) is 29.5 Å². The van der Waals surface area contributed by atoms with Gasteiger partial charge in [0.25, 0.3) is 0 Å². The van der Waals surface area contributed by atoms with Gasteiger partial charge >= 0.3 is 6.61 Å². The van der Waals surface area contributed by atoms with Gasteiger partial charge in [-0.05, 0) is 38.3 Å². The number of alkyl halides is 2. The van der Waals surface area contributed by atoms with Crippen LogP contribution in [0.15, 0.2) is 18.2 Å². The third-order valence-electron chi connectivity index (χ3n) is 4.00. The van der Waals surface area contributed by atoms with E-state index in [4.69, 9.17) is 0 Å². The molecule has 0 bridgehead atoms. The van der Waals surface area contributed by atoms with Gasteiger partial charge in [-0.2, -0.15) is 14.0 Å². The first-order valence-corrected chi connectivity index (χ1v) is 6.61. The summed E-state index contributed by atoms with van der Waals surface area (Å²) in [6.45, 7) is -0.930. The van der Waals surface area contributed by atoms with Crippen molar-refractivity contribution >= 4 is 10.9 Å². The summed E-state index contributed by atoms with van der Waals surface area (Å²) in [5.74, 6) is 0.134. The van der Waals surface area contributed by atoms with Crippen LogP contribution in [-0.4, -0.2) is 11.2 Å². The van der Waals surface area contributed by atoms with E-state index < -0.39 is 6.61 Å². The Labute approximate surface area is 115 Å². The Balaban J connectivity index is 2.18. The Morgan fingerprint density at radius 2 is 2.15 bits per heavy atom. The summed E-state index contributed by atoms with van der Waals surface area (Å²) in [5, 5.41) is 10.1. The molecular weight excluding hydrogens is 262 g/mol. The highest BCUT2D eigenvalue weighted by atomic mass is 19.3. The van der Waals surface area contributed by atoms with Gasteiger partial charge in [0.1, 0.15) is 11.8 Å². The molecule has 1 aromatic carbocycles. The van der Waals surface area contributed by atoms with Gasteiger partial charge in [0, 0.05) is 23.2 Å². The van der Waals surface area contributed by atoms with Crippen LogP contribution in [0.4, 0.5) is 8.78 Å². The zero-order valence-electron chi connectivity index (χ0n) is 11.1. The summed E-state index contributed by atoms with van der Waals surface area (Å²) < 4.78 is 31.2. The van der Waals surface area contributed by atoms with Crippen LogP contribution in [0, 0.1) is 18.3 Å². The van der Waals surface area contributed by atoms with Crippen molar-refractivity contribution in [2.75, 3.05) is 0 Å². The van der Waals surface area contributed by atoms with Crippen LogP contribution in [0.1, 0.15) is 36.6 Å². The van der Waals surface area contributed by atoms with E-state index in [-0.39, 0.29) is 5.75 Å². The lowest BCUT2D eigenvalue weighted by molar-refractivity contribution is -0.0497. The number of rotatable bonds is 3. The van der Waals surface area contributed by atoms with Crippen molar-refractivity contribution < 1.29 is 13.5 Å². The largest absolute Gasteiger partial charge is 0.435 e. The summed E-state index contributed by atoms with van der Waals surface area (Å²) in [7, 11) is 0. The highest BCUT2D eigenvalue weighted by Gasteiger charge is 2.25. The average Bonchev–Trinajstić information content (AvgIpc) is 2.60. The minimum atomic E-state index is -2.84. The molecule has 1 heterocycles. The molecule has 0 spiro atoms. The van der Waals surface area contributed by atoms with Crippen LogP contribution < -0.4 is 4.74 Å². The molecule has 20 heavy (non-hydrogen) atoms. The number of benzene rings is 1. The fraction of sp³-hybridized carbons (Fsp3) is 0.400. The van der Waals surface area contributed by atoms with E-state index in [1.54, 1.807) is 12.1 Å². The smallest absolute Gasteiger partial charge is 0.387 e. The van der Waals surface area contributed by atoms with Crippen LogP contribution in [0.25, 0.3) is 10.9 Å². The van der Waals surface area contributed by atoms with E-state index in [1.165, 1.54) is 12.5 Å². The highest BCUT2D eigenvalue weighted by molar-refractivity contribution is 5.89. The summed E-state index contributed by atoms with van der Waals surface area (Å²) in [6, 6.07) is 7.35. The summed E-state index contributed by atoms with van der Waals surface area (Å²) in [4.78, 5) is 0. The lowest BCUT2D eigenvalue weighted by Gasteiger charge is -2.29. The number of halogens is 2. The van der Waals surface area contributed by atoms with Gasteiger partial charge in [0.05, 0.1) is 11.1 Å². The van der Waals surface area contributed by atoms with E-state index in [0.29, 0.717) is 11.6 Å². The molecule has 0 aliphatic heterocycles. The molecule has 0 atom stereocenters. The molecule has 0 amide bonds. The normalized spacial score (nSPS) is 15.3. The molecule has 1 aromatic heterocycles. The van der Waals surface area contributed by atoms with Gasteiger partial charge in [0.15, 0.2) is 0 Å². The molecule has 1 saturated carbocycles. The van der Waals surface area contributed by atoms with Crippen molar-refractivity contribution in [1.29, 1.82) is 5.26 Å². The number of hydrogen-bond acceptors (Lipinski definition) is 2. The molecule has 1 aliphatic rings.